The second-order valence-electron chi connectivity index (χ2n) is 3.79. The Morgan fingerprint density at radius 3 is 2.50 bits per heavy atom. The van der Waals surface area contributed by atoms with E-state index >= 15 is 0 Å². The number of nitriles is 1. The summed E-state index contributed by atoms with van der Waals surface area (Å²) in [7, 11) is 2.98. The van der Waals surface area contributed by atoms with Gasteiger partial charge in [0.2, 0.25) is 0 Å². The molecule has 1 N–H and O–H groups in total. The Kier molecular flexibility index (Phi) is 5.26. The largest absolute Gasteiger partial charge is 0.493 e. The molecule has 1 aromatic carbocycles. The van der Waals surface area contributed by atoms with Gasteiger partial charge in [0.25, 0.3) is 0 Å². The van der Waals surface area contributed by atoms with Gasteiger partial charge in [-0.25, -0.2) is 0 Å². The highest BCUT2D eigenvalue weighted by Gasteiger charge is 2.24. The summed E-state index contributed by atoms with van der Waals surface area (Å²) in [6, 6.07) is 5.37. The molecule has 0 saturated carbocycles. The van der Waals surface area contributed by atoms with E-state index in [1.165, 1.54) is 14.2 Å². The van der Waals surface area contributed by atoms with E-state index in [0.717, 1.165) is 0 Å². The number of aliphatic hydroxyl groups excluding tert-OH is 1. The van der Waals surface area contributed by atoms with Crippen molar-refractivity contribution in [3.8, 4) is 17.6 Å². The Balaban J connectivity index is 3.23. The molecule has 5 heteroatoms. The highest BCUT2D eigenvalue weighted by molar-refractivity contribution is 6.33. The average molecular weight is 270 g/mol. The van der Waals surface area contributed by atoms with Crippen LogP contribution in [0.2, 0.25) is 5.02 Å². The fourth-order valence-electron chi connectivity index (χ4n) is 1.73. The Labute approximate surface area is 112 Å². The lowest BCUT2D eigenvalue weighted by Gasteiger charge is -2.19. The topological polar surface area (TPSA) is 62.5 Å². The number of aliphatic hydroxyl groups is 1. The zero-order valence-corrected chi connectivity index (χ0v) is 11.4. The minimum atomic E-state index is -0.938. The van der Waals surface area contributed by atoms with Gasteiger partial charge < -0.3 is 14.6 Å². The van der Waals surface area contributed by atoms with Crippen molar-refractivity contribution in [1.29, 1.82) is 5.26 Å². The molecule has 0 aliphatic heterocycles. The van der Waals surface area contributed by atoms with Crippen LogP contribution in [0.5, 0.6) is 11.5 Å². The molecule has 4 nitrogen and oxygen atoms in total. The maximum atomic E-state index is 10.1. The van der Waals surface area contributed by atoms with Crippen molar-refractivity contribution in [1.82, 2.24) is 0 Å². The van der Waals surface area contributed by atoms with Crippen molar-refractivity contribution in [2.24, 2.45) is 5.92 Å². The van der Waals surface area contributed by atoms with Crippen molar-refractivity contribution in [2.75, 3.05) is 14.2 Å². The molecule has 0 heterocycles. The first-order valence-electron chi connectivity index (χ1n) is 5.58. The third kappa shape index (κ3) is 2.69. The predicted molar refractivity (Wildman–Crippen MR) is 68.9 cm³/mol. The van der Waals surface area contributed by atoms with Crippen LogP contribution in [0, 0.1) is 17.2 Å². The maximum Gasteiger partial charge on any atom is 0.179 e. The van der Waals surface area contributed by atoms with Gasteiger partial charge in [0.15, 0.2) is 11.5 Å². The van der Waals surface area contributed by atoms with E-state index in [4.69, 9.17) is 26.3 Å². The normalized spacial score (nSPS) is 13.6. The van der Waals surface area contributed by atoms with E-state index in [2.05, 4.69) is 6.07 Å². The Morgan fingerprint density at radius 1 is 1.39 bits per heavy atom. The molecule has 0 saturated heterocycles. The number of benzene rings is 1. The summed E-state index contributed by atoms with van der Waals surface area (Å²) in [5, 5.41) is 19.4. The lowest BCUT2D eigenvalue weighted by molar-refractivity contribution is 0.132. The number of hydrogen-bond acceptors (Lipinski definition) is 4. The monoisotopic (exact) mass is 269 g/mol. The van der Waals surface area contributed by atoms with Crippen LogP contribution >= 0.6 is 11.6 Å². The van der Waals surface area contributed by atoms with E-state index in [0.29, 0.717) is 23.5 Å². The molecule has 2 unspecified atom stereocenters. The van der Waals surface area contributed by atoms with Crippen LogP contribution in [-0.2, 0) is 0 Å². The van der Waals surface area contributed by atoms with Crippen LogP contribution in [0.3, 0.4) is 0 Å². The molecule has 0 aliphatic rings. The quantitative estimate of drug-likeness (QED) is 0.893. The summed E-state index contributed by atoms with van der Waals surface area (Å²) < 4.78 is 10.3. The second kappa shape index (κ2) is 6.48. The molecular weight excluding hydrogens is 254 g/mol. The zero-order valence-electron chi connectivity index (χ0n) is 10.6. The van der Waals surface area contributed by atoms with Gasteiger partial charge in [-0.15, -0.1) is 0 Å². The summed E-state index contributed by atoms with van der Waals surface area (Å²) in [5.74, 6) is 0.354. The van der Waals surface area contributed by atoms with Crippen molar-refractivity contribution < 1.29 is 14.6 Å². The summed E-state index contributed by atoms with van der Waals surface area (Å²) in [4.78, 5) is 0. The fourth-order valence-corrected chi connectivity index (χ4v) is 2.08. The minimum Gasteiger partial charge on any atom is -0.493 e. The van der Waals surface area contributed by atoms with Crippen molar-refractivity contribution in [2.45, 2.75) is 19.4 Å². The molecule has 18 heavy (non-hydrogen) atoms. The molecule has 98 valence electrons. The maximum absolute atomic E-state index is 10.1. The third-order valence-corrected chi connectivity index (χ3v) is 3.21. The van der Waals surface area contributed by atoms with Crippen LogP contribution < -0.4 is 9.47 Å². The summed E-state index contributed by atoms with van der Waals surface area (Å²) in [6.45, 7) is 1.84. The third-order valence-electron chi connectivity index (χ3n) is 2.82. The minimum absolute atomic E-state index is 0.276. The highest BCUT2D eigenvalue weighted by atomic mass is 35.5. The van der Waals surface area contributed by atoms with Gasteiger partial charge in [0.1, 0.15) is 0 Å². The first-order chi connectivity index (χ1) is 8.60. The molecule has 0 spiro atoms. The van der Waals surface area contributed by atoms with E-state index in [1.807, 2.05) is 6.92 Å². The van der Waals surface area contributed by atoms with E-state index in [9.17, 15) is 5.11 Å². The standard InChI is InChI=1S/C13H16ClNO3/c1-4-8(7-15)12(16)9-5-6-10(17-2)13(18-3)11(9)14/h5-6,8,12,16H,4H2,1-3H3. The van der Waals surface area contributed by atoms with Crippen LogP contribution in [0.15, 0.2) is 12.1 Å². The van der Waals surface area contributed by atoms with Gasteiger partial charge in [-0.2, -0.15) is 5.26 Å². The number of hydrogen-bond donors (Lipinski definition) is 1. The van der Waals surface area contributed by atoms with Gasteiger partial charge in [0.05, 0.1) is 37.3 Å². The molecule has 2 atom stereocenters. The first-order valence-corrected chi connectivity index (χ1v) is 5.96. The van der Waals surface area contributed by atoms with Crippen LogP contribution in [-0.4, -0.2) is 19.3 Å². The van der Waals surface area contributed by atoms with E-state index in [1.54, 1.807) is 12.1 Å². The molecule has 0 bridgehead atoms. The van der Waals surface area contributed by atoms with Crippen molar-refractivity contribution in [3.63, 3.8) is 0 Å². The van der Waals surface area contributed by atoms with Gasteiger partial charge in [-0.3, -0.25) is 0 Å². The average Bonchev–Trinajstić information content (AvgIpc) is 2.39. The lowest BCUT2D eigenvalue weighted by atomic mass is 9.94. The van der Waals surface area contributed by atoms with E-state index < -0.39 is 12.0 Å². The molecule has 0 aliphatic carbocycles. The molecule has 1 rings (SSSR count). The van der Waals surface area contributed by atoms with Crippen LogP contribution in [0.4, 0.5) is 0 Å². The lowest BCUT2D eigenvalue weighted by Crippen LogP contribution is -2.11. The first kappa shape index (κ1) is 14.6. The summed E-state index contributed by atoms with van der Waals surface area (Å²) in [5.41, 5.74) is 0.475. The number of nitrogens with zero attached hydrogens (tertiary/aromatic N) is 1. The highest BCUT2D eigenvalue weighted by Crippen LogP contribution is 2.41. The van der Waals surface area contributed by atoms with Gasteiger partial charge in [0, 0.05) is 5.56 Å². The Bertz CT molecular complexity index is 456. The number of rotatable bonds is 5. The molecular formula is C13H16ClNO3. The fraction of sp³-hybridized carbons (Fsp3) is 0.462. The van der Waals surface area contributed by atoms with Gasteiger partial charge >= 0.3 is 0 Å². The molecule has 0 fully saturated rings. The molecule has 1 aromatic rings. The van der Waals surface area contributed by atoms with Gasteiger partial charge in [-0.05, 0) is 12.5 Å². The van der Waals surface area contributed by atoms with E-state index in [-0.39, 0.29) is 5.02 Å². The number of methoxy groups -OCH3 is 2. The smallest absolute Gasteiger partial charge is 0.179 e. The van der Waals surface area contributed by atoms with Gasteiger partial charge in [-0.1, -0.05) is 24.6 Å². The zero-order chi connectivity index (χ0) is 13.7. The SMILES string of the molecule is CCC(C#N)C(O)c1ccc(OC)c(OC)c1Cl. The Morgan fingerprint density at radius 2 is 2.06 bits per heavy atom. The molecule has 0 amide bonds. The summed E-state index contributed by atoms with van der Waals surface area (Å²) in [6.07, 6.45) is -0.394. The van der Waals surface area contributed by atoms with Crippen LogP contribution in [0.25, 0.3) is 0 Å². The molecule has 0 aromatic heterocycles. The number of ether oxygens (including phenoxy) is 2. The summed E-state index contributed by atoms with van der Waals surface area (Å²) >= 11 is 6.17. The molecule has 0 radical (unpaired) electrons. The van der Waals surface area contributed by atoms with Crippen molar-refractivity contribution in [3.05, 3.63) is 22.7 Å². The van der Waals surface area contributed by atoms with Crippen molar-refractivity contribution >= 4 is 11.6 Å². The number of halogens is 1. The Hall–Kier alpha value is -1.44. The second-order valence-corrected chi connectivity index (χ2v) is 4.17. The predicted octanol–water partition coefficient (Wildman–Crippen LogP) is 2.94. The van der Waals surface area contributed by atoms with Crippen LogP contribution in [0.1, 0.15) is 25.0 Å².